The minimum absolute atomic E-state index is 0.409. The first-order valence-electron chi connectivity index (χ1n) is 6.86. The Balaban J connectivity index is 2.42. The third kappa shape index (κ3) is 4.33. The van der Waals surface area contributed by atoms with Gasteiger partial charge in [-0.2, -0.15) is 0 Å². The van der Waals surface area contributed by atoms with Gasteiger partial charge in [0.1, 0.15) is 0 Å². The van der Waals surface area contributed by atoms with E-state index in [4.69, 9.17) is 12.2 Å². The second-order valence-electron chi connectivity index (χ2n) is 6.40. The highest BCUT2D eigenvalue weighted by Crippen LogP contribution is 2.40. The summed E-state index contributed by atoms with van der Waals surface area (Å²) in [5.41, 5.74) is 6.29. The highest BCUT2D eigenvalue weighted by molar-refractivity contribution is 4.91. The van der Waals surface area contributed by atoms with Gasteiger partial charge in [0.05, 0.1) is 6.54 Å². The molecule has 0 aromatic heterocycles. The summed E-state index contributed by atoms with van der Waals surface area (Å²) in [5, 5.41) is 3.38. The van der Waals surface area contributed by atoms with Crippen molar-refractivity contribution < 1.29 is 0 Å². The molecule has 0 bridgehead atoms. The van der Waals surface area contributed by atoms with Crippen LogP contribution in [0.5, 0.6) is 0 Å². The monoisotopic (exact) mass is 236 g/mol. The summed E-state index contributed by atoms with van der Waals surface area (Å²) in [6.07, 6.45) is 10.5. The lowest BCUT2D eigenvalue weighted by Gasteiger charge is -2.39. The van der Waals surface area contributed by atoms with E-state index in [0.29, 0.717) is 30.5 Å². The van der Waals surface area contributed by atoms with Crippen molar-refractivity contribution in [3.63, 3.8) is 0 Å². The van der Waals surface area contributed by atoms with Gasteiger partial charge in [-0.3, -0.25) is 0 Å². The van der Waals surface area contributed by atoms with Crippen LogP contribution in [-0.2, 0) is 0 Å². The van der Waals surface area contributed by atoms with Crippen molar-refractivity contribution in [2.45, 2.75) is 52.5 Å². The van der Waals surface area contributed by atoms with Crippen LogP contribution in [0.1, 0.15) is 46.5 Å². The largest absolute Gasteiger partial charge is 0.329 e. The molecule has 0 spiro atoms. The van der Waals surface area contributed by atoms with Gasteiger partial charge in [0.15, 0.2) is 0 Å². The molecule has 0 saturated heterocycles. The fourth-order valence-electron chi connectivity index (χ4n) is 3.02. The zero-order valence-electron chi connectivity index (χ0n) is 11.6. The second-order valence-corrected chi connectivity index (χ2v) is 6.40. The zero-order chi connectivity index (χ0) is 12.9. The Morgan fingerprint density at radius 1 is 1.29 bits per heavy atom. The highest BCUT2D eigenvalue weighted by atomic mass is 14.9. The number of rotatable bonds is 4. The van der Waals surface area contributed by atoms with Crippen LogP contribution in [0.15, 0.2) is 0 Å². The van der Waals surface area contributed by atoms with E-state index in [1.54, 1.807) is 0 Å². The molecule has 2 heteroatoms. The van der Waals surface area contributed by atoms with Crippen LogP contribution in [0.2, 0.25) is 0 Å². The van der Waals surface area contributed by atoms with E-state index < -0.39 is 0 Å². The van der Waals surface area contributed by atoms with E-state index in [1.807, 2.05) is 0 Å². The molecule has 0 amide bonds. The first-order valence-corrected chi connectivity index (χ1v) is 6.86. The average Bonchev–Trinajstić information content (AvgIpc) is 2.29. The molecule has 1 unspecified atom stereocenters. The normalized spacial score (nSPS) is 27.5. The lowest BCUT2D eigenvalue weighted by molar-refractivity contribution is 0.134. The lowest BCUT2D eigenvalue weighted by atomic mass is 9.68. The van der Waals surface area contributed by atoms with Crippen LogP contribution in [-0.4, -0.2) is 19.1 Å². The minimum Gasteiger partial charge on any atom is -0.329 e. The molecule has 1 aliphatic carbocycles. The van der Waals surface area contributed by atoms with Gasteiger partial charge < -0.3 is 11.1 Å². The van der Waals surface area contributed by atoms with Crippen molar-refractivity contribution in [2.75, 3.05) is 13.1 Å². The second kappa shape index (κ2) is 6.42. The van der Waals surface area contributed by atoms with Gasteiger partial charge in [-0.1, -0.05) is 26.7 Å². The SMILES string of the molecule is C#CCNC(CN)C1CCC(C(C)(C)C)CC1. The predicted molar refractivity (Wildman–Crippen MR) is 74.6 cm³/mol. The van der Waals surface area contributed by atoms with Crippen molar-refractivity contribution in [1.82, 2.24) is 5.32 Å². The van der Waals surface area contributed by atoms with E-state index in [2.05, 4.69) is 32.0 Å². The maximum absolute atomic E-state index is 5.83. The number of nitrogens with one attached hydrogen (secondary N) is 1. The molecule has 1 atom stereocenters. The standard InChI is InChI=1S/C15H28N2/c1-5-10-17-14(11-16)12-6-8-13(9-7-12)15(2,3)4/h1,12-14,17H,6-11,16H2,2-4H3. The quantitative estimate of drug-likeness (QED) is 0.736. The molecule has 98 valence electrons. The number of nitrogens with two attached hydrogens (primary N) is 1. The minimum atomic E-state index is 0.409. The number of hydrogen-bond acceptors (Lipinski definition) is 2. The third-order valence-corrected chi connectivity index (χ3v) is 4.29. The van der Waals surface area contributed by atoms with Gasteiger partial charge in [0.25, 0.3) is 0 Å². The van der Waals surface area contributed by atoms with Crippen LogP contribution in [0.4, 0.5) is 0 Å². The van der Waals surface area contributed by atoms with Crippen molar-refractivity contribution in [1.29, 1.82) is 0 Å². The van der Waals surface area contributed by atoms with Gasteiger partial charge in [-0.25, -0.2) is 0 Å². The molecule has 1 rings (SSSR count). The van der Waals surface area contributed by atoms with Gasteiger partial charge in [0.2, 0.25) is 0 Å². The Morgan fingerprint density at radius 2 is 1.88 bits per heavy atom. The first kappa shape index (κ1) is 14.5. The van der Waals surface area contributed by atoms with Gasteiger partial charge in [-0.15, -0.1) is 6.42 Å². The fourth-order valence-corrected chi connectivity index (χ4v) is 3.02. The summed E-state index contributed by atoms with van der Waals surface area (Å²) < 4.78 is 0. The van der Waals surface area contributed by atoms with Crippen LogP contribution < -0.4 is 11.1 Å². The molecule has 3 N–H and O–H groups in total. The molecular formula is C15H28N2. The summed E-state index contributed by atoms with van der Waals surface area (Å²) in [6.45, 7) is 8.41. The lowest BCUT2D eigenvalue weighted by Crippen LogP contribution is -2.44. The van der Waals surface area contributed by atoms with E-state index >= 15 is 0 Å². The molecular weight excluding hydrogens is 208 g/mol. The van der Waals surface area contributed by atoms with E-state index in [-0.39, 0.29) is 0 Å². The van der Waals surface area contributed by atoms with E-state index in [0.717, 1.165) is 5.92 Å². The van der Waals surface area contributed by atoms with Crippen LogP contribution in [0.3, 0.4) is 0 Å². The third-order valence-electron chi connectivity index (χ3n) is 4.29. The molecule has 0 aliphatic heterocycles. The molecule has 0 heterocycles. The Hall–Kier alpha value is -0.520. The molecule has 1 saturated carbocycles. The average molecular weight is 236 g/mol. The Bertz CT molecular complexity index is 251. The van der Waals surface area contributed by atoms with Crippen molar-refractivity contribution in [3.05, 3.63) is 0 Å². The maximum atomic E-state index is 5.83. The molecule has 0 aromatic carbocycles. The summed E-state index contributed by atoms with van der Waals surface area (Å²) in [5.74, 6) is 4.22. The van der Waals surface area contributed by atoms with Crippen LogP contribution >= 0.6 is 0 Å². The Morgan fingerprint density at radius 3 is 2.29 bits per heavy atom. The molecule has 0 aromatic rings. The maximum Gasteiger partial charge on any atom is 0.0576 e. The molecule has 0 radical (unpaired) electrons. The summed E-state index contributed by atoms with van der Waals surface area (Å²) in [6, 6.07) is 0.409. The van der Waals surface area contributed by atoms with Crippen molar-refractivity contribution >= 4 is 0 Å². The number of hydrogen-bond donors (Lipinski definition) is 2. The highest BCUT2D eigenvalue weighted by Gasteiger charge is 2.32. The summed E-state index contributed by atoms with van der Waals surface area (Å²) >= 11 is 0. The van der Waals surface area contributed by atoms with Gasteiger partial charge in [0, 0.05) is 12.6 Å². The molecule has 1 fully saturated rings. The molecule has 17 heavy (non-hydrogen) atoms. The van der Waals surface area contributed by atoms with Gasteiger partial charge in [-0.05, 0) is 42.9 Å². The summed E-state index contributed by atoms with van der Waals surface area (Å²) in [4.78, 5) is 0. The molecule has 2 nitrogen and oxygen atoms in total. The summed E-state index contributed by atoms with van der Waals surface area (Å²) in [7, 11) is 0. The topological polar surface area (TPSA) is 38.0 Å². The van der Waals surface area contributed by atoms with Crippen LogP contribution in [0, 0.1) is 29.6 Å². The Labute approximate surface area is 107 Å². The van der Waals surface area contributed by atoms with Crippen LogP contribution in [0.25, 0.3) is 0 Å². The van der Waals surface area contributed by atoms with E-state index in [1.165, 1.54) is 25.7 Å². The first-order chi connectivity index (χ1) is 7.99. The molecule has 1 aliphatic rings. The number of terminal acetylenes is 1. The predicted octanol–water partition coefficient (Wildman–Crippen LogP) is 2.39. The van der Waals surface area contributed by atoms with Crippen molar-refractivity contribution in [2.24, 2.45) is 23.0 Å². The smallest absolute Gasteiger partial charge is 0.0576 e. The Kier molecular flexibility index (Phi) is 5.49. The van der Waals surface area contributed by atoms with E-state index in [9.17, 15) is 0 Å². The fraction of sp³-hybridized carbons (Fsp3) is 0.867. The zero-order valence-corrected chi connectivity index (χ0v) is 11.6. The van der Waals surface area contributed by atoms with Gasteiger partial charge >= 0.3 is 0 Å². The van der Waals surface area contributed by atoms with Crippen molar-refractivity contribution in [3.8, 4) is 12.3 Å².